The Hall–Kier alpha value is -2.69. The van der Waals surface area contributed by atoms with Gasteiger partial charge in [0.15, 0.2) is 0 Å². The van der Waals surface area contributed by atoms with Crippen molar-refractivity contribution in [1.29, 1.82) is 0 Å². The minimum absolute atomic E-state index is 0.151. The van der Waals surface area contributed by atoms with Crippen LogP contribution in [0.5, 0.6) is 0 Å². The first-order chi connectivity index (χ1) is 10.6. The molecule has 4 nitrogen and oxygen atoms in total. The molecule has 110 valence electrons. The topological polar surface area (TPSA) is 48.1 Å². The van der Waals surface area contributed by atoms with E-state index in [2.05, 4.69) is 0 Å². The van der Waals surface area contributed by atoms with Gasteiger partial charge in [-0.25, -0.2) is 4.39 Å². The summed E-state index contributed by atoms with van der Waals surface area (Å²) in [5.74, 6) is -0.548. The predicted octanol–water partition coefficient (Wildman–Crippen LogP) is 3.99. The molecule has 0 unspecified atom stereocenters. The molecule has 0 spiro atoms. The quantitative estimate of drug-likeness (QED) is 0.503. The van der Waals surface area contributed by atoms with Gasteiger partial charge in [0.1, 0.15) is 5.82 Å². The Kier molecular flexibility index (Phi) is 2.60. The first-order valence-corrected chi connectivity index (χ1v) is 7.11. The summed E-state index contributed by atoms with van der Waals surface area (Å²) in [6.45, 7) is 0. The van der Waals surface area contributed by atoms with E-state index in [4.69, 9.17) is 0 Å². The van der Waals surface area contributed by atoms with Crippen molar-refractivity contribution < 1.29 is 9.31 Å². The maximum atomic E-state index is 13.7. The van der Waals surface area contributed by atoms with Crippen LogP contribution < -0.4 is 0 Å². The lowest BCUT2D eigenvalue weighted by Crippen LogP contribution is -2.09. The summed E-state index contributed by atoms with van der Waals surface area (Å²) in [5, 5.41) is 12.5. The van der Waals surface area contributed by atoms with Gasteiger partial charge in [-0.15, -0.1) is 0 Å². The molecule has 1 aromatic heterocycles. The van der Waals surface area contributed by atoms with E-state index in [0.29, 0.717) is 17.5 Å². The molecule has 0 fully saturated rings. The number of nitrogens with zero attached hydrogens (tertiary/aromatic N) is 2. The van der Waals surface area contributed by atoms with Crippen LogP contribution in [0.3, 0.4) is 0 Å². The Morgan fingerprint density at radius 3 is 2.77 bits per heavy atom. The van der Waals surface area contributed by atoms with Gasteiger partial charge in [0, 0.05) is 18.0 Å². The molecule has 1 aliphatic rings. The first kappa shape index (κ1) is 13.0. The summed E-state index contributed by atoms with van der Waals surface area (Å²) in [5.41, 5.74) is 4.12. The number of benzene rings is 2. The molecule has 0 radical (unpaired) electrons. The number of nitro benzene ring substituents is 1. The van der Waals surface area contributed by atoms with Crippen LogP contribution in [0.25, 0.3) is 22.2 Å². The zero-order valence-corrected chi connectivity index (χ0v) is 12.0. The number of para-hydroxylation sites is 1. The number of halogens is 1. The summed E-state index contributed by atoms with van der Waals surface area (Å²) in [6, 6.07) is 10.4. The smallest absolute Gasteiger partial charge is 0.281 e. The molecule has 0 atom stereocenters. The van der Waals surface area contributed by atoms with E-state index in [1.165, 1.54) is 6.07 Å². The van der Waals surface area contributed by atoms with Gasteiger partial charge in [0.25, 0.3) is 5.69 Å². The molecule has 4 rings (SSSR count). The van der Waals surface area contributed by atoms with E-state index in [1.54, 1.807) is 0 Å². The van der Waals surface area contributed by atoms with E-state index < -0.39 is 10.7 Å². The summed E-state index contributed by atoms with van der Waals surface area (Å²) in [4.78, 5) is 10.9. The number of hydrogen-bond acceptors (Lipinski definition) is 2. The number of hydrogen-bond donors (Lipinski definition) is 0. The minimum atomic E-state index is -0.548. The number of rotatable bonds is 1. The van der Waals surface area contributed by atoms with Crippen molar-refractivity contribution in [1.82, 2.24) is 4.57 Å². The van der Waals surface area contributed by atoms with Crippen molar-refractivity contribution in [2.24, 2.45) is 7.05 Å². The second-order valence-corrected chi connectivity index (χ2v) is 5.62. The maximum absolute atomic E-state index is 13.7. The molecule has 22 heavy (non-hydrogen) atoms. The SMILES string of the molecule is Cn1c2c(c3ccccc31)CCc1cc(F)cc([N+](=O)[O-])c1-2. The molecule has 0 amide bonds. The Bertz CT molecular complexity index is 943. The van der Waals surface area contributed by atoms with E-state index in [0.717, 1.165) is 34.6 Å². The molecule has 1 aliphatic carbocycles. The molecule has 0 aliphatic heterocycles. The largest absolute Gasteiger partial charge is 0.343 e. The highest BCUT2D eigenvalue weighted by molar-refractivity contribution is 5.95. The average Bonchev–Trinajstić information content (AvgIpc) is 2.80. The number of aromatic nitrogens is 1. The van der Waals surface area contributed by atoms with Crippen LogP contribution in [0.4, 0.5) is 10.1 Å². The molecule has 0 N–H and O–H groups in total. The number of fused-ring (bicyclic) bond motifs is 5. The zero-order valence-electron chi connectivity index (χ0n) is 12.0. The lowest BCUT2D eigenvalue weighted by atomic mass is 9.87. The van der Waals surface area contributed by atoms with Gasteiger partial charge in [-0.3, -0.25) is 10.1 Å². The molecule has 0 saturated heterocycles. The second kappa shape index (κ2) is 4.40. The molecular weight excluding hydrogens is 283 g/mol. The van der Waals surface area contributed by atoms with Gasteiger partial charge >= 0.3 is 0 Å². The molecule has 0 bridgehead atoms. The highest BCUT2D eigenvalue weighted by Crippen LogP contribution is 2.44. The van der Waals surface area contributed by atoms with Crippen molar-refractivity contribution >= 4 is 16.6 Å². The Balaban J connectivity index is 2.16. The monoisotopic (exact) mass is 296 g/mol. The van der Waals surface area contributed by atoms with Crippen LogP contribution in [0.15, 0.2) is 36.4 Å². The van der Waals surface area contributed by atoms with Crippen LogP contribution in [0.1, 0.15) is 11.1 Å². The fourth-order valence-electron chi connectivity index (χ4n) is 3.57. The Labute approximate surface area is 125 Å². The Morgan fingerprint density at radius 2 is 2.00 bits per heavy atom. The Morgan fingerprint density at radius 1 is 1.23 bits per heavy atom. The van der Waals surface area contributed by atoms with Crippen molar-refractivity contribution in [2.45, 2.75) is 12.8 Å². The van der Waals surface area contributed by atoms with Crippen LogP contribution in [0.2, 0.25) is 0 Å². The highest BCUT2D eigenvalue weighted by atomic mass is 19.1. The van der Waals surface area contributed by atoms with Crippen LogP contribution in [-0.2, 0) is 19.9 Å². The van der Waals surface area contributed by atoms with E-state index in [-0.39, 0.29) is 5.69 Å². The summed E-state index contributed by atoms with van der Waals surface area (Å²) >= 11 is 0. The van der Waals surface area contributed by atoms with Gasteiger partial charge in [0.05, 0.1) is 22.2 Å². The number of aryl methyl sites for hydroxylation is 3. The fourth-order valence-corrected chi connectivity index (χ4v) is 3.57. The molecular formula is C17H13FN2O2. The average molecular weight is 296 g/mol. The van der Waals surface area contributed by atoms with Crippen molar-refractivity contribution in [3.05, 3.63) is 63.5 Å². The van der Waals surface area contributed by atoms with Crippen LogP contribution in [0, 0.1) is 15.9 Å². The number of nitro groups is 1. The molecule has 3 aromatic rings. The van der Waals surface area contributed by atoms with Crippen LogP contribution in [-0.4, -0.2) is 9.49 Å². The zero-order chi connectivity index (χ0) is 15.4. The third-order valence-electron chi connectivity index (χ3n) is 4.45. The van der Waals surface area contributed by atoms with Crippen molar-refractivity contribution in [3.8, 4) is 11.3 Å². The van der Waals surface area contributed by atoms with Gasteiger partial charge in [-0.1, -0.05) is 18.2 Å². The molecule has 1 heterocycles. The second-order valence-electron chi connectivity index (χ2n) is 5.62. The highest BCUT2D eigenvalue weighted by Gasteiger charge is 2.30. The third-order valence-corrected chi connectivity index (χ3v) is 4.45. The lowest BCUT2D eigenvalue weighted by molar-refractivity contribution is -0.384. The molecule has 2 aromatic carbocycles. The summed E-state index contributed by atoms with van der Waals surface area (Å²) in [7, 11) is 1.91. The maximum Gasteiger partial charge on any atom is 0.281 e. The summed E-state index contributed by atoms with van der Waals surface area (Å²) < 4.78 is 15.7. The van der Waals surface area contributed by atoms with E-state index in [9.17, 15) is 14.5 Å². The van der Waals surface area contributed by atoms with Crippen molar-refractivity contribution in [3.63, 3.8) is 0 Å². The van der Waals surface area contributed by atoms with Gasteiger partial charge in [0.2, 0.25) is 0 Å². The summed E-state index contributed by atoms with van der Waals surface area (Å²) in [6.07, 6.45) is 1.39. The fraction of sp³-hybridized carbons (Fsp3) is 0.176. The van der Waals surface area contributed by atoms with Crippen molar-refractivity contribution in [2.75, 3.05) is 0 Å². The third kappa shape index (κ3) is 1.62. The first-order valence-electron chi connectivity index (χ1n) is 7.11. The van der Waals surface area contributed by atoms with Crippen LogP contribution >= 0.6 is 0 Å². The molecule has 5 heteroatoms. The van der Waals surface area contributed by atoms with E-state index in [1.807, 2.05) is 35.9 Å². The standard InChI is InChI=1S/C17H13FN2O2/c1-19-14-5-3-2-4-12(14)13-7-6-10-8-11(18)9-15(20(21)22)16(10)17(13)19/h2-5,8-9H,6-7H2,1H3. The van der Waals surface area contributed by atoms with E-state index >= 15 is 0 Å². The predicted molar refractivity (Wildman–Crippen MR) is 82.4 cm³/mol. The lowest BCUT2D eigenvalue weighted by Gasteiger charge is -2.18. The normalized spacial score (nSPS) is 13.0. The van der Waals surface area contributed by atoms with Gasteiger partial charge < -0.3 is 4.57 Å². The molecule has 0 saturated carbocycles. The van der Waals surface area contributed by atoms with Gasteiger partial charge in [-0.05, 0) is 36.1 Å². The minimum Gasteiger partial charge on any atom is -0.343 e. The van der Waals surface area contributed by atoms with Gasteiger partial charge in [-0.2, -0.15) is 0 Å².